The van der Waals surface area contributed by atoms with Crippen LogP contribution in [0.2, 0.25) is 0 Å². The summed E-state index contributed by atoms with van der Waals surface area (Å²) in [5, 5.41) is 11.0. The fourth-order valence-electron chi connectivity index (χ4n) is 6.26. The molecular formula is C25H44O6S. The first-order valence-corrected chi connectivity index (χ1v) is 12.6. The van der Waals surface area contributed by atoms with Gasteiger partial charge in [0.2, 0.25) is 5.75 Å². The van der Waals surface area contributed by atoms with E-state index in [1.54, 1.807) is 6.92 Å². The summed E-state index contributed by atoms with van der Waals surface area (Å²) in [5.41, 5.74) is -0.00597. The van der Waals surface area contributed by atoms with Crippen molar-refractivity contribution in [2.45, 2.75) is 92.9 Å². The highest BCUT2D eigenvalue weighted by Gasteiger charge is 2.48. The number of ether oxygens (including phenoxy) is 2. The minimum Gasteiger partial charge on any atom is -0.504 e. The summed E-state index contributed by atoms with van der Waals surface area (Å²) in [7, 11) is -2.07. The van der Waals surface area contributed by atoms with Crippen molar-refractivity contribution in [1.29, 1.82) is 0 Å². The Labute approximate surface area is 195 Å². The lowest BCUT2D eigenvalue weighted by atomic mass is 9.56. The van der Waals surface area contributed by atoms with E-state index in [4.69, 9.17) is 9.47 Å². The Morgan fingerprint density at radius 1 is 0.906 bits per heavy atom. The molecule has 0 heterocycles. The monoisotopic (exact) mass is 472 g/mol. The Kier molecular flexibility index (Phi) is 8.40. The van der Waals surface area contributed by atoms with Gasteiger partial charge in [0.25, 0.3) is 10.1 Å². The first-order valence-electron chi connectivity index (χ1n) is 11.2. The third-order valence-corrected chi connectivity index (χ3v) is 6.99. The molecule has 1 aromatic carbocycles. The van der Waals surface area contributed by atoms with Gasteiger partial charge in [0.1, 0.15) is 4.90 Å². The molecule has 2 N–H and O–H groups in total. The highest BCUT2D eigenvalue weighted by Crippen LogP contribution is 2.59. The van der Waals surface area contributed by atoms with E-state index in [9.17, 15) is 18.1 Å². The van der Waals surface area contributed by atoms with Gasteiger partial charge in [-0.15, -0.1) is 0 Å². The summed E-state index contributed by atoms with van der Waals surface area (Å²) in [6.45, 7) is 20.9. The molecule has 0 spiro atoms. The van der Waals surface area contributed by atoms with E-state index in [-0.39, 0.29) is 44.3 Å². The predicted molar refractivity (Wildman–Crippen MR) is 130 cm³/mol. The van der Waals surface area contributed by atoms with Crippen LogP contribution in [0.5, 0.6) is 17.2 Å². The van der Waals surface area contributed by atoms with Crippen molar-refractivity contribution >= 4 is 10.1 Å². The standard InChI is InChI=1S/C25H44O6S/c1-15(2)13-24(7,8)22(25(9,10)14-23(4,5)6)17-16(3)18(26)19(30-11)20(31-12)21(17)32(27,28)29/h15,22,26H,13-14H2,1-12H3,(H,27,28,29). The van der Waals surface area contributed by atoms with Gasteiger partial charge in [0.15, 0.2) is 11.5 Å². The van der Waals surface area contributed by atoms with Gasteiger partial charge in [-0.2, -0.15) is 8.42 Å². The summed E-state index contributed by atoms with van der Waals surface area (Å²) >= 11 is 0. The summed E-state index contributed by atoms with van der Waals surface area (Å²) < 4.78 is 46.6. The summed E-state index contributed by atoms with van der Waals surface area (Å²) in [6.07, 6.45) is 1.62. The van der Waals surface area contributed by atoms with Crippen LogP contribution in [0.15, 0.2) is 4.90 Å². The first-order chi connectivity index (χ1) is 14.2. The molecule has 1 aromatic rings. The average Bonchev–Trinajstić information content (AvgIpc) is 2.53. The van der Waals surface area contributed by atoms with Crippen molar-refractivity contribution in [3.8, 4) is 17.2 Å². The second-order valence-corrected chi connectivity index (χ2v) is 13.4. The maximum atomic E-state index is 12.8. The number of rotatable bonds is 9. The highest BCUT2D eigenvalue weighted by molar-refractivity contribution is 7.86. The second-order valence-electron chi connectivity index (χ2n) is 12.0. The van der Waals surface area contributed by atoms with Crippen molar-refractivity contribution < 1.29 is 27.6 Å². The van der Waals surface area contributed by atoms with Crippen LogP contribution in [0.25, 0.3) is 0 Å². The smallest absolute Gasteiger partial charge is 0.298 e. The van der Waals surface area contributed by atoms with Crippen LogP contribution in [0.1, 0.15) is 92.2 Å². The van der Waals surface area contributed by atoms with Crippen LogP contribution in [-0.2, 0) is 10.1 Å². The largest absolute Gasteiger partial charge is 0.504 e. The molecule has 1 rings (SSSR count). The Hall–Kier alpha value is -1.47. The van der Waals surface area contributed by atoms with Crippen molar-refractivity contribution in [1.82, 2.24) is 0 Å². The quantitative estimate of drug-likeness (QED) is 0.394. The maximum Gasteiger partial charge on any atom is 0.298 e. The second kappa shape index (κ2) is 9.41. The van der Waals surface area contributed by atoms with Crippen LogP contribution >= 0.6 is 0 Å². The van der Waals surface area contributed by atoms with Crippen molar-refractivity contribution in [2.75, 3.05) is 14.2 Å². The lowest BCUT2D eigenvalue weighted by Gasteiger charge is -2.49. The SMILES string of the molecule is COc1c(O)c(C)c(C(C(C)(C)CC(C)C)C(C)(C)CC(C)(C)C)c(S(=O)(=O)O)c1OC. The van der Waals surface area contributed by atoms with Crippen molar-refractivity contribution in [2.24, 2.45) is 22.2 Å². The van der Waals surface area contributed by atoms with E-state index in [1.807, 2.05) is 0 Å². The molecule has 186 valence electrons. The Bertz CT molecular complexity index is 921. The third kappa shape index (κ3) is 6.10. The molecule has 0 aromatic heterocycles. The number of benzene rings is 1. The molecule has 0 aliphatic heterocycles. The fraction of sp³-hybridized carbons (Fsp3) is 0.760. The van der Waals surface area contributed by atoms with Gasteiger partial charge in [0, 0.05) is 0 Å². The normalized spacial score (nSPS) is 14.6. The number of aromatic hydroxyl groups is 1. The van der Waals surface area contributed by atoms with Gasteiger partial charge < -0.3 is 14.6 Å². The van der Waals surface area contributed by atoms with Gasteiger partial charge in [-0.1, -0.05) is 62.3 Å². The number of phenolic OH excluding ortho intramolecular Hbond substituents is 1. The van der Waals surface area contributed by atoms with Crippen LogP contribution in [0.4, 0.5) is 0 Å². The highest BCUT2D eigenvalue weighted by atomic mass is 32.2. The average molecular weight is 473 g/mol. The van der Waals surface area contributed by atoms with Crippen LogP contribution < -0.4 is 9.47 Å². The third-order valence-electron chi connectivity index (χ3n) is 6.07. The number of phenols is 1. The van der Waals surface area contributed by atoms with Crippen LogP contribution in [-0.4, -0.2) is 32.3 Å². The topological polar surface area (TPSA) is 93.1 Å². The zero-order valence-electron chi connectivity index (χ0n) is 22.0. The molecule has 0 bridgehead atoms. The van der Waals surface area contributed by atoms with E-state index < -0.39 is 10.1 Å². The Morgan fingerprint density at radius 2 is 1.38 bits per heavy atom. The molecule has 0 amide bonds. The fourth-order valence-corrected chi connectivity index (χ4v) is 7.22. The molecule has 7 heteroatoms. The van der Waals surface area contributed by atoms with E-state index in [0.29, 0.717) is 17.0 Å². The van der Waals surface area contributed by atoms with Crippen molar-refractivity contribution in [3.63, 3.8) is 0 Å². The van der Waals surface area contributed by atoms with Crippen LogP contribution in [0, 0.1) is 29.1 Å². The van der Waals surface area contributed by atoms with E-state index >= 15 is 0 Å². The zero-order valence-corrected chi connectivity index (χ0v) is 22.8. The maximum absolute atomic E-state index is 12.8. The summed E-state index contributed by atoms with van der Waals surface area (Å²) in [5.74, 6) is -0.412. The molecule has 1 unspecified atom stereocenters. The van der Waals surface area contributed by atoms with E-state index in [1.165, 1.54) is 14.2 Å². The molecule has 0 saturated heterocycles. The van der Waals surface area contributed by atoms with Gasteiger partial charge >= 0.3 is 0 Å². The molecule has 6 nitrogen and oxygen atoms in total. The molecule has 0 radical (unpaired) electrons. The van der Waals surface area contributed by atoms with E-state index in [2.05, 4.69) is 62.3 Å². The van der Waals surface area contributed by atoms with Gasteiger partial charge in [-0.25, -0.2) is 0 Å². The lowest BCUT2D eigenvalue weighted by molar-refractivity contribution is 0.0763. The molecule has 32 heavy (non-hydrogen) atoms. The van der Waals surface area contributed by atoms with Gasteiger partial charge in [0.05, 0.1) is 14.2 Å². The van der Waals surface area contributed by atoms with Gasteiger partial charge in [-0.3, -0.25) is 4.55 Å². The lowest BCUT2D eigenvalue weighted by Crippen LogP contribution is -2.39. The Morgan fingerprint density at radius 3 is 1.72 bits per heavy atom. The number of hydrogen-bond donors (Lipinski definition) is 2. The molecule has 0 saturated carbocycles. The number of hydrogen-bond acceptors (Lipinski definition) is 5. The minimum absolute atomic E-state index is 0.0274. The molecule has 1 atom stereocenters. The summed E-state index contributed by atoms with van der Waals surface area (Å²) in [6, 6.07) is 0. The summed E-state index contributed by atoms with van der Waals surface area (Å²) in [4.78, 5) is -0.323. The molecule has 0 aliphatic carbocycles. The molecule has 0 aliphatic rings. The zero-order chi connectivity index (χ0) is 25.4. The van der Waals surface area contributed by atoms with Crippen LogP contribution in [0.3, 0.4) is 0 Å². The first kappa shape index (κ1) is 28.6. The van der Waals surface area contributed by atoms with Crippen molar-refractivity contribution in [3.05, 3.63) is 11.1 Å². The minimum atomic E-state index is -4.70. The Balaban J connectivity index is 4.26. The molecule has 0 fully saturated rings. The van der Waals surface area contributed by atoms with Gasteiger partial charge in [-0.05, 0) is 59.0 Å². The predicted octanol–water partition coefficient (Wildman–Crippen LogP) is 6.58. The number of methoxy groups -OCH3 is 2. The molecular weight excluding hydrogens is 428 g/mol. The van der Waals surface area contributed by atoms with E-state index in [0.717, 1.165) is 12.8 Å².